The number of nitrogens with zero attached hydrogens (tertiary/aromatic N) is 1. The number of nitriles is 1. The highest BCUT2D eigenvalue weighted by molar-refractivity contribution is 9.10. The first-order valence-corrected chi connectivity index (χ1v) is 6.26. The Labute approximate surface area is 115 Å². The van der Waals surface area contributed by atoms with Crippen LogP contribution in [0.25, 0.3) is 0 Å². The zero-order chi connectivity index (χ0) is 13.8. The molecule has 0 fully saturated rings. The molecule has 4 nitrogen and oxygen atoms in total. The number of hydrogen-bond donors (Lipinski definition) is 1. The van der Waals surface area contributed by atoms with Crippen LogP contribution in [0.5, 0.6) is 0 Å². The van der Waals surface area contributed by atoms with E-state index in [0.717, 1.165) is 4.47 Å². The van der Waals surface area contributed by atoms with Gasteiger partial charge in [-0.05, 0) is 38.5 Å². The maximum absolute atomic E-state index is 11.6. The Kier molecular flexibility index (Phi) is 4.74. The van der Waals surface area contributed by atoms with Crippen LogP contribution in [0.15, 0.2) is 28.7 Å². The molecular formula is C13H15BrN2O2. The molecule has 0 unspecified atom stereocenters. The minimum atomic E-state index is -0.715. The summed E-state index contributed by atoms with van der Waals surface area (Å²) in [7, 11) is 0. The summed E-state index contributed by atoms with van der Waals surface area (Å²) in [6.07, 6.45) is -0.600. The lowest BCUT2D eigenvalue weighted by Crippen LogP contribution is -2.34. The highest BCUT2D eigenvalue weighted by Crippen LogP contribution is 2.17. The Hall–Kier alpha value is -1.54. The van der Waals surface area contributed by atoms with Gasteiger partial charge in [0.1, 0.15) is 11.6 Å². The molecule has 1 aromatic carbocycles. The molecule has 0 aromatic heterocycles. The number of benzene rings is 1. The number of ether oxygens (including phenoxy) is 1. The van der Waals surface area contributed by atoms with Gasteiger partial charge in [-0.2, -0.15) is 5.26 Å². The van der Waals surface area contributed by atoms with Crippen molar-refractivity contribution in [3.63, 3.8) is 0 Å². The second kappa shape index (κ2) is 5.87. The van der Waals surface area contributed by atoms with Gasteiger partial charge in [0.25, 0.3) is 0 Å². The lowest BCUT2D eigenvalue weighted by Gasteiger charge is -2.21. The summed E-state index contributed by atoms with van der Waals surface area (Å²) >= 11 is 3.31. The molecule has 0 saturated heterocycles. The molecule has 0 spiro atoms. The van der Waals surface area contributed by atoms with E-state index in [1.165, 1.54) is 0 Å². The zero-order valence-corrected chi connectivity index (χ0v) is 12.1. The lowest BCUT2D eigenvalue weighted by atomic mass is 10.1. The molecule has 1 atom stereocenters. The summed E-state index contributed by atoms with van der Waals surface area (Å²) in [5.74, 6) is 0. The standard InChI is InChI=1S/C13H15BrN2O2/c1-13(2,3)18-12(17)16-11(8-15)9-4-6-10(14)7-5-9/h4-7,11H,1-3H3,(H,16,17)/t11-/m1/s1. The van der Waals surface area contributed by atoms with Gasteiger partial charge in [0.2, 0.25) is 0 Å². The van der Waals surface area contributed by atoms with Crippen LogP contribution < -0.4 is 5.32 Å². The van der Waals surface area contributed by atoms with E-state index in [1.54, 1.807) is 32.9 Å². The van der Waals surface area contributed by atoms with E-state index in [0.29, 0.717) is 5.56 Å². The van der Waals surface area contributed by atoms with Crippen molar-refractivity contribution in [2.45, 2.75) is 32.4 Å². The molecule has 18 heavy (non-hydrogen) atoms. The van der Waals surface area contributed by atoms with Gasteiger partial charge in [-0.3, -0.25) is 0 Å². The number of hydrogen-bond acceptors (Lipinski definition) is 3. The molecule has 96 valence electrons. The first-order valence-electron chi connectivity index (χ1n) is 5.46. The van der Waals surface area contributed by atoms with Crippen LogP contribution in [0.2, 0.25) is 0 Å². The number of amides is 1. The van der Waals surface area contributed by atoms with Crippen molar-refractivity contribution in [1.29, 1.82) is 5.26 Å². The average molecular weight is 311 g/mol. The fourth-order valence-electron chi connectivity index (χ4n) is 1.27. The second-order valence-electron chi connectivity index (χ2n) is 4.76. The smallest absolute Gasteiger partial charge is 0.408 e. The van der Waals surface area contributed by atoms with E-state index in [-0.39, 0.29) is 0 Å². The van der Waals surface area contributed by atoms with Gasteiger partial charge in [0.15, 0.2) is 0 Å². The number of rotatable bonds is 2. The van der Waals surface area contributed by atoms with Crippen molar-refractivity contribution in [3.8, 4) is 6.07 Å². The highest BCUT2D eigenvalue weighted by Gasteiger charge is 2.20. The van der Waals surface area contributed by atoms with Crippen LogP contribution in [0.4, 0.5) is 4.79 Å². The van der Waals surface area contributed by atoms with Gasteiger partial charge in [-0.25, -0.2) is 4.79 Å². The molecule has 0 aliphatic carbocycles. The predicted octanol–water partition coefficient (Wildman–Crippen LogP) is 3.54. The number of halogens is 1. The Morgan fingerprint density at radius 3 is 2.39 bits per heavy atom. The number of alkyl carbamates (subject to hydrolysis) is 1. The molecular weight excluding hydrogens is 296 g/mol. The van der Waals surface area contributed by atoms with E-state index < -0.39 is 17.7 Å². The van der Waals surface area contributed by atoms with Crippen LogP contribution >= 0.6 is 15.9 Å². The minimum Gasteiger partial charge on any atom is -0.444 e. The van der Waals surface area contributed by atoms with Gasteiger partial charge in [0, 0.05) is 4.47 Å². The highest BCUT2D eigenvalue weighted by atomic mass is 79.9. The summed E-state index contributed by atoms with van der Waals surface area (Å²) in [5, 5.41) is 11.6. The molecule has 1 amide bonds. The fourth-order valence-corrected chi connectivity index (χ4v) is 1.54. The molecule has 0 saturated carbocycles. The summed E-state index contributed by atoms with van der Waals surface area (Å²) < 4.78 is 6.02. The minimum absolute atomic E-state index is 0.580. The Bertz CT molecular complexity index is 457. The maximum Gasteiger partial charge on any atom is 0.408 e. The first-order chi connectivity index (χ1) is 8.31. The molecule has 0 heterocycles. The van der Waals surface area contributed by atoms with Gasteiger partial charge in [0.05, 0.1) is 6.07 Å². The maximum atomic E-state index is 11.6. The molecule has 5 heteroatoms. The monoisotopic (exact) mass is 310 g/mol. The summed E-state index contributed by atoms with van der Waals surface area (Å²) in [5.41, 5.74) is 0.135. The number of carbonyl (C=O) groups is 1. The van der Waals surface area contributed by atoms with E-state index in [1.807, 2.05) is 18.2 Å². The van der Waals surface area contributed by atoms with Crippen LogP contribution in [0, 0.1) is 11.3 Å². The normalized spacial score (nSPS) is 12.4. The van der Waals surface area contributed by atoms with Crippen molar-refractivity contribution < 1.29 is 9.53 Å². The molecule has 0 bridgehead atoms. The summed E-state index contributed by atoms with van der Waals surface area (Å²) in [6, 6.07) is 8.49. The van der Waals surface area contributed by atoms with Crippen LogP contribution in [0.3, 0.4) is 0 Å². The second-order valence-corrected chi connectivity index (χ2v) is 5.68. The van der Waals surface area contributed by atoms with Crippen LogP contribution in [0.1, 0.15) is 32.4 Å². The largest absolute Gasteiger partial charge is 0.444 e. The van der Waals surface area contributed by atoms with Gasteiger partial charge >= 0.3 is 6.09 Å². The Morgan fingerprint density at radius 2 is 1.94 bits per heavy atom. The number of nitrogens with one attached hydrogen (secondary N) is 1. The molecule has 1 aromatic rings. The third kappa shape index (κ3) is 4.76. The number of carbonyl (C=O) groups excluding carboxylic acids is 1. The molecule has 0 aliphatic rings. The van der Waals surface area contributed by atoms with Crippen LogP contribution in [-0.2, 0) is 4.74 Å². The van der Waals surface area contributed by atoms with E-state index in [2.05, 4.69) is 21.2 Å². The topological polar surface area (TPSA) is 62.1 Å². The van der Waals surface area contributed by atoms with Crippen molar-refractivity contribution in [3.05, 3.63) is 34.3 Å². The summed E-state index contributed by atoms with van der Waals surface area (Å²) in [6.45, 7) is 5.31. The van der Waals surface area contributed by atoms with Gasteiger partial charge in [-0.15, -0.1) is 0 Å². The predicted molar refractivity (Wildman–Crippen MR) is 71.9 cm³/mol. The van der Waals surface area contributed by atoms with Crippen molar-refractivity contribution in [2.24, 2.45) is 0 Å². The molecule has 1 rings (SSSR count). The van der Waals surface area contributed by atoms with Crippen molar-refractivity contribution in [2.75, 3.05) is 0 Å². The van der Waals surface area contributed by atoms with Crippen molar-refractivity contribution >= 4 is 22.0 Å². The third-order valence-corrected chi connectivity index (χ3v) is 2.52. The van der Waals surface area contributed by atoms with E-state index in [4.69, 9.17) is 10.00 Å². The van der Waals surface area contributed by atoms with E-state index >= 15 is 0 Å². The molecule has 0 radical (unpaired) electrons. The lowest BCUT2D eigenvalue weighted by molar-refractivity contribution is 0.0515. The third-order valence-electron chi connectivity index (χ3n) is 1.99. The van der Waals surface area contributed by atoms with Gasteiger partial charge < -0.3 is 10.1 Å². The quantitative estimate of drug-likeness (QED) is 0.908. The van der Waals surface area contributed by atoms with Crippen LogP contribution in [-0.4, -0.2) is 11.7 Å². The fraction of sp³-hybridized carbons (Fsp3) is 0.385. The average Bonchev–Trinajstić information content (AvgIpc) is 2.25. The zero-order valence-electron chi connectivity index (χ0n) is 10.5. The Balaban J connectivity index is 2.72. The summed E-state index contributed by atoms with van der Waals surface area (Å²) in [4.78, 5) is 11.6. The van der Waals surface area contributed by atoms with Gasteiger partial charge in [-0.1, -0.05) is 28.1 Å². The van der Waals surface area contributed by atoms with E-state index in [9.17, 15) is 4.79 Å². The van der Waals surface area contributed by atoms with Crippen molar-refractivity contribution in [1.82, 2.24) is 5.32 Å². The first kappa shape index (κ1) is 14.5. The molecule has 0 aliphatic heterocycles. The Morgan fingerprint density at radius 1 is 1.39 bits per heavy atom. The SMILES string of the molecule is CC(C)(C)OC(=O)N[C@H](C#N)c1ccc(Br)cc1. The molecule has 1 N–H and O–H groups in total.